The average Bonchev–Trinajstić information content (AvgIpc) is 2.64. The van der Waals surface area contributed by atoms with Crippen molar-refractivity contribution >= 4 is 45.0 Å². The van der Waals surface area contributed by atoms with E-state index in [0.29, 0.717) is 21.3 Å². The van der Waals surface area contributed by atoms with E-state index in [1.165, 1.54) is 12.1 Å². The summed E-state index contributed by atoms with van der Waals surface area (Å²) in [6, 6.07) is 8.40. The molecule has 0 fully saturated rings. The summed E-state index contributed by atoms with van der Waals surface area (Å²) < 4.78 is 39.8. The Morgan fingerprint density at radius 2 is 1.79 bits per heavy atom. The highest BCUT2D eigenvalue weighted by atomic mass is 79.9. The highest BCUT2D eigenvalue weighted by molar-refractivity contribution is 9.10. The van der Waals surface area contributed by atoms with Crippen molar-refractivity contribution in [3.05, 3.63) is 81.0 Å². The molecule has 2 aromatic carbocycles. The van der Waals surface area contributed by atoms with Crippen molar-refractivity contribution in [2.45, 2.75) is 30.8 Å². The summed E-state index contributed by atoms with van der Waals surface area (Å²) in [5, 5.41) is 3.48. The van der Waals surface area contributed by atoms with Crippen LogP contribution in [0.25, 0.3) is 0 Å². The average molecular weight is 507 g/mol. The van der Waals surface area contributed by atoms with E-state index in [2.05, 4.69) is 21.2 Å². The topological polar surface area (TPSA) is 47.6 Å². The van der Waals surface area contributed by atoms with Crippen molar-refractivity contribution in [3.8, 4) is 0 Å². The summed E-state index contributed by atoms with van der Waals surface area (Å²) in [6.07, 6.45) is 1.54. The standard InChI is InChI=1S/C20H16BrCl2F2NO3/c1-11-8-20(18(21)19(27)26-11,28-9-12-5-6-13(22)7-15(12)23)29-10-14-16(24)3-2-4-17(14)25/h2-8,18H,9-10H2,1H3,(H,26,27). The van der Waals surface area contributed by atoms with Crippen LogP contribution in [-0.2, 0) is 27.5 Å². The highest BCUT2D eigenvalue weighted by Gasteiger charge is 2.46. The van der Waals surface area contributed by atoms with E-state index in [-0.39, 0.29) is 12.2 Å². The second-order valence-electron chi connectivity index (χ2n) is 6.41. The molecule has 0 bridgehead atoms. The fourth-order valence-electron chi connectivity index (χ4n) is 2.81. The molecule has 29 heavy (non-hydrogen) atoms. The van der Waals surface area contributed by atoms with Crippen molar-refractivity contribution in [2.75, 3.05) is 0 Å². The number of carbonyl (C=O) groups excluding carboxylic acids is 1. The minimum Gasteiger partial charge on any atom is -0.340 e. The van der Waals surface area contributed by atoms with Crippen molar-refractivity contribution in [1.82, 2.24) is 5.32 Å². The lowest BCUT2D eigenvalue weighted by Gasteiger charge is -2.38. The molecule has 1 heterocycles. The highest BCUT2D eigenvalue weighted by Crippen LogP contribution is 2.34. The molecule has 2 atom stereocenters. The van der Waals surface area contributed by atoms with E-state index in [9.17, 15) is 13.6 Å². The van der Waals surface area contributed by atoms with Gasteiger partial charge in [0, 0.05) is 21.3 Å². The second-order valence-corrected chi connectivity index (χ2v) is 8.17. The van der Waals surface area contributed by atoms with Gasteiger partial charge in [-0.05, 0) is 42.8 Å². The Bertz CT molecular complexity index is 952. The van der Waals surface area contributed by atoms with Gasteiger partial charge in [0.1, 0.15) is 11.6 Å². The molecule has 0 radical (unpaired) electrons. The van der Waals surface area contributed by atoms with Gasteiger partial charge < -0.3 is 14.8 Å². The maximum Gasteiger partial charge on any atom is 0.243 e. The van der Waals surface area contributed by atoms with Crippen LogP contribution < -0.4 is 5.32 Å². The quantitative estimate of drug-likeness (QED) is 0.415. The maximum atomic E-state index is 14.0. The summed E-state index contributed by atoms with van der Waals surface area (Å²) in [6.45, 7) is 1.16. The molecule has 2 aromatic rings. The largest absolute Gasteiger partial charge is 0.340 e. The predicted octanol–water partition coefficient (Wildman–Crippen LogP) is 5.50. The van der Waals surface area contributed by atoms with Crippen molar-refractivity contribution in [1.29, 1.82) is 0 Å². The molecule has 0 spiro atoms. The van der Waals surface area contributed by atoms with E-state index in [1.54, 1.807) is 25.1 Å². The third kappa shape index (κ3) is 4.98. The van der Waals surface area contributed by atoms with Gasteiger partial charge in [-0.2, -0.15) is 0 Å². The lowest BCUT2D eigenvalue weighted by atomic mass is 10.1. The first-order chi connectivity index (χ1) is 13.7. The van der Waals surface area contributed by atoms with E-state index >= 15 is 0 Å². The lowest BCUT2D eigenvalue weighted by molar-refractivity contribution is -0.219. The van der Waals surface area contributed by atoms with Gasteiger partial charge in [-0.25, -0.2) is 8.78 Å². The van der Waals surface area contributed by atoms with Crippen molar-refractivity contribution < 1.29 is 23.0 Å². The molecule has 0 aromatic heterocycles. The first-order valence-corrected chi connectivity index (χ1v) is 10.2. The normalized spacial score (nSPS) is 21.7. The summed E-state index contributed by atoms with van der Waals surface area (Å²) >= 11 is 15.4. The van der Waals surface area contributed by atoms with Crippen LogP contribution in [0.3, 0.4) is 0 Å². The number of halogens is 5. The lowest BCUT2D eigenvalue weighted by Crippen LogP contribution is -2.54. The Kier molecular flexibility index (Phi) is 6.96. The van der Waals surface area contributed by atoms with Crippen molar-refractivity contribution in [2.24, 2.45) is 0 Å². The minimum absolute atomic E-state index is 0.0328. The molecule has 2 unspecified atom stereocenters. The van der Waals surface area contributed by atoms with Gasteiger partial charge in [0.2, 0.25) is 11.7 Å². The van der Waals surface area contributed by atoms with Crippen LogP contribution in [0.2, 0.25) is 10.0 Å². The number of ether oxygens (including phenoxy) is 2. The van der Waals surface area contributed by atoms with E-state index in [0.717, 1.165) is 12.1 Å². The van der Waals surface area contributed by atoms with E-state index < -0.39 is 34.8 Å². The van der Waals surface area contributed by atoms with Gasteiger partial charge in [-0.1, -0.05) is 51.3 Å². The van der Waals surface area contributed by atoms with Crippen LogP contribution in [0, 0.1) is 11.6 Å². The third-order valence-electron chi connectivity index (χ3n) is 4.29. The fourth-order valence-corrected chi connectivity index (χ4v) is 3.78. The number of carbonyl (C=O) groups is 1. The molecule has 0 saturated carbocycles. The molecule has 1 aliphatic rings. The number of nitrogens with one attached hydrogen (secondary N) is 1. The van der Waals surface area contributed by atoms with Gasteiger partial charge in [0.15, 0.2) is 4.83 Å². The molecular weight excluding hydrogens is 491 g/mol. The number of alkyl halides is 1. The van der Waals surface area contributed by atoms with Gasteiger partial charge in [0.05, 0.1) is 13.2 Å². The zero-order chi connectivity index (χ0) is 21.2. The Balaban J connectivity index is 1.90. The van der Waals surface area contributed by atoms with Crippen LogP contribution >= 0.6 is 39.1 Å². The third-order valence-corrected chi connectivity index (χ3v) is 5.93. The molecule has 0 saturated heterocycles. The molecule has 154 valence electrons. The van der Waals surface area contributed by atoms with Crippen LogP contribution in [0.5, 0.6) is 0 Å². The second kappa shape index (κ2) is 9.10. The molecular formula is C20H16BrCl2F2NO3. The van der Waals surface area contributed by atoms with Crippen molar-refractivity contribution in [3.63, 3.8) is 0 Å². The summed E-state index contributed by atoms with van der Waals surface area (Å²) in [7, 11) is 0. The minimum atomic E-state index is -1.62. The molecule has 0 aliphatic carbocycles. The first kappa shape index (κ1) is 22.2. The number of hydrogen-bond donors (Lipinski definition) is 1. The first-order valence-electron chi connectivity index (χ1n) is 8.51. The smallest absolute Gasteiger partial charge is 0.243 e. The zero-order valence-electron chi connectivity index (χ0n) is 15.1. The molecule has 1 amide bonds. The number of rotatable bonds is 6. The Hall–Kier alpha value is -1.51. The van der Waals surface area contributed by atoms with E-state index in [4.69, 9.17) is 32.7 Å². The number of hydrogen-bond acceptors (Lipinski definition) is 3. The summed E-state index contributed by atoms with van der Waals surface area (Å²) in [5.41, 5.74) is 0.812. The fraction of sp³-hybridized carbons (Fsp3) is 0.250. The van der Waals surface area contributed by atoms with Gasteiger partial charge in [-0.3, -0.25) is 4.79 Å². The van der Waals surface area contributed by atoms with Crippen LogP contribution in [0.1, 0.15) is 18.1 Å². The molecule has 1 N–H and O–H groups in total. The molecule has 4 nitrogen and oxygen atoms in total. The van der Waals surface area contributed by atoms with Crippen LogP contribution in [-0.4, -0.2) is 16.5 Å². The summed E-state index contributed by atoms with van der Waals surface area (Å²) in [4.78, 5) is 11.4. The Morgan fingerprint density at radius 1 is 1.14 bits per heavy atom. The zero-order valence-corrected chi connectivity index (χ0v) is 18.2. The van der Waals surface area contributed by atoms with Crippen LogP contribution in [0.15, 0.2) is 48.2 Å². The molecule has 3 rings (SSSR count). The number of amides is 1. The Morgan fingerprint density at radius 3 is 2.45 bits per heavy atom. The predicted molar refractivity (Wildman–Crippen MR) is 110 cm³/mol. The van der Waals surface area contributed by atoms with Gasteiger partial charge >= 0.3 is 0 Å². The maximum absolute atomic E-state index is 14.0. The Labute approximate surface area is 184 Å². The number of allylic oxidation sites excluding steroid dienone is 1. The monoisotopic (exact) mass is 505 g/mol. The SMILES string of the molecule is CC1=CC(OCc2ccc(Cl)cc2Cl)(OCc2c(F)cccc2F)C(Br)C(=O)N1. The van der Waals surface area contributed by atoms with Crippen LogP contribution in [0.4, 0.5) is 8.78 Å². The molecule has 9 heteroatoms. The summed E-state index contributed by atoms with van der Waals surface area (Å²) in [5.74, 6) is -3.55. The molecule has 1 aliphatic heterocycles. The number of benzene rings is 2. The van der Waals surface area contributed by atoms with E-state index in [1.807, 2.05) is 0 Å². The van der Waals surface area contributed by atoms with Gasteiger partial charge in [-0.15, -0.1) is 0 Å². The van der Waals surface area contributed by atoms with Gasteiger partial charge in [0.25, 0.3) is 0 Å².